The van der Waals surface area contributed by atoms with Gasteiger partial charge in [-0.1, -0.05) is 24.3 Å². The van der Waals surface area contributed by atoms with Crippen molar-refractivity contribution in [1.82, 2.24) is 0 Å². The molecule has 0 aliphatic rings. The maximum atomic E-state index is 11.0. The summed E-state index contributed by atoms with van der Waals surface area (Å²) in [6.45, 7) is 0. The molecule has 2 aromatic rings. The third-order valence-corrected chi connectivity index (χ3v) is 2.68. The number of para-hydroxylation sites is 1. The van der Waals surface area contributed by atoms with Gasteiger partial charge < -0.3 is 9.47 Å². The van der Waals surface area contributed by atoms with E-state index in [-0.39, 0.29) is 0 Å². The number of carbonyl (C=O) groups excluding carboxylic acids is 1. The van der Waals surface area contributed by atoms with Crippen LogP contribution in [0.1, 0.15) is 21.5 Å². The summed E-state index contributed by atoms with van der Waals surface area (Å²) in [4.78, 5) is 11.0. The summed E-state index contributed by atoms with van der Waals surface area (Å²) in [7, 11) is 2.84. The molecule has 0 radical (unpaired) electrons. The lowest BCUT2D eigenvalue weighted by molar-refractivity contribution is 0.0600. The van der Waals surface area contributed by atoms with E-state index in [2.05, 4.69) is 4.74 Å². The third-order valence-electron chi connectivity index (χ3n) is 2.68. The third kappa shape index (κ3) is 4.36. The fourth-order valence-electron chi connectivity index (χ4n) is 1.61. The molecule has 0 saturated heterocycles. The van der Waals surface area contributed by atoms with Crippen molar-refractivity contribution in [2.75, 3.05) is 14.2 Å². The summed E-state index contributed by atoms with van der Waals surface area (Å²) < 4.78 is 9.40. The van der Waals surface area contributed by atoms with Gasteiger partial charge in [0, 0.05) is 0 Å². The molecule has 5 heteroatoms. The van der Waals surface area contributed by atoms with E-state index >= 15 is 0 Å². The molecule has 0 amide bonds. The Morgan fingerprint density at radius 2 is 1.45 bits per heavy atom. The van der Waals surface area contributed by atoms with Crippen LogP contribution in [0.3, 0.4) is 0 Å². The van der Waals surface area contributed by atoms with E-state index in [1.807, 2.05) is 18.2 Å². The number of carbonyl (C=O) groups is 1. The van der Waals surface area contributed by atoms with Gasteiger partial charge in [0.15, 0.2) is 0 Å². The van der Waals surface area contributed by atoms with Crippen LogP contribution in [-0.4, -0.2) is 20.2 Å². The van der Waals surface area contributed by atoms with Crippen LogP contribution >= 0.6 is 0 Å². The molecule has 0 saturated carbocycles. The monoisotopic (exact) mass is 294 g/mol. The van der Waals surface area contributed by atoms with Crippen molar-refractivity contribution >= 4 is 5.97 Å². The van der Waals surface area contributed by atoms with E-state index in [1.165, 1.54) is 7.11 Å². The highest BCUT2D eigenvalue weighted by molar-refractivity contribution is 5.92. The van der Waals surface area contributed by atoms with Gasteiger partial charge in [-0.25, -0.2) is 4.79 Å². The molecule has 0 aromatic heterocycles. The van der Waals surface area contributed by atoms with E-state index in [0.717, 1.165) is 0 Å². The molecule has 2 rings (SSSR count). The van der Waals surface area contributed by atoms with Crippen LogP contribution in [0.15, 0.2) is 48.5 Å². The van der Waals surface area contributed by atoms with E-state index in [1.54, 1.807) is 49.6 Å². The molecule has 0 aliphatic carbocycles. The van der Waals surface area contributed by atoms with Crippen LogP contribution in [0, 0.1) is 22.7 Å². The minimum atomic E-state index is -0.479. The Balaban J connectivity index is 0.000000224. The van der Waals surface area contributed by atoms with Gasteiger partial charge in [-0.3, -0.25) is 0 Å². The summed E-state index contributed by atoms with van der Waals surface area (Å²) in [5, 5.41) is 17.1. The molecular formula is C17H14N2O3. The van der Waals surface area contributed by atoms with Crippen molar-refractivity contribution < 1.29 is 14.3 Å². The zero-order valence-electron chi connectivity index (χ0n) is 12.2. The fourth-order valence-corrected chi connectivity index (χ4v) is 1.61. The maximum Gasteiger partial charge on any atom is 0.339 e. The van der Waals surface area contributed by atoms with Crippen LogP contribution in [0.5, 0.6) is 5.75 Å². The number of nitrogens with zero attached hydrogens (tertiary/aromatic N) is 2. The molecule has 0 aliphatic heterocycles. The number of nitriles is 2. The summed E-state index contributed by atoms with van der Waals surface area (Å²) in [6, 6.07) is 17.6. The first kappa shape index (κ1) is 16.7. The predicted octanol–water partition coefficient (Wildman–Crippen LogP) is 2.91. The Morgan fingerprint density at radius 3 is 1.95 bits per heavy atom. The molecule has 0 spiro atoms. The van der Waals surface area contributed by atoms with Gasteiger partial charge in [-0.2, -0.15) is 10.5 Å². The van der Waals surface area contributed by atoms with E-state index < -0.39 is 5.97 Å². The highest BCUT2D eigenvalue weighted by Gasteiger charge is 2.09. The Labute approximate surface area is 128 Å². The summed E-state index contributed by atoms with van der Waals surface area (Å²) in [6.07, 6.45) is 0. The molecule has 0 heterocycles. The average Bonchev–Trinajstić information content (AvgIpc) is 2.61. The van der Waals surface area contributed by atoms with Crippen LogP contribution in [0.4, 0.5) is 0 Å². The average molecular weight is 294 g/mol. The maximum absolute atomic E-state index is 11.0. The van der Waals surface area contributed by atoms with Crippen molar-refractivity contribution in [3.8, 4) is 17.9 Å². The Kier molecular flexibility index (Phi) is 6.68. The van der Waals surface area contributed by atoms with Crippen molar-refractivity contribution in [2.45, 2.75) is 0 Å². The molecule has 0 fully saturated rings. The first-order chi connectivity index (χ1) is 10.7. The number of rotatable bonds is 2. The lowest BCUT2D eigenvalue weighted by Crippen LogP contribution is -2.03. The number of hydrogen-bond acceptors (Lipinski definition) is 5. The van der Waals surface area contributed by atoms with E-state index in [4.69, 9.17) is 15.3 Å². The first-order valence-corrected chi connectivity index (χ1v) is 6.28. The summed E-state index contributed by atoms with van der Waals surface area (Å²) in [5.41, 5.74) is 1.22. The molecule has 0 atom stereocenters. The van der Waals surface area contributed by atoms with Crippen LogP contribution in [0.2, 0.25) is 0 Å². The number of methoxy groups -OCH3 is 2. The van der Waals surface area contributed by atoms with E-state index in [9.17, 15) is 4.79 Å². The minimum absolute atomic E-state index is 0.308. The summed E-state index contributed by atoms with van der Waals surface area (Å²) >= 11 is 0. The molecule has 0 N–H and O–H groups in total. The SMILES string of the molecule is COC(=O)c1ccccc1C#N.COc1ccccc1C#N. The normalized spacial score (nSPS) is 8.55. The van der Waals surface area contributed by atoms with Crippen molar-refractivity contribution in [3.05, 3.63) is 65.2 Å². The van der Waals surface area contributed by atoms with Crippen LogP contribution in [-0.2, 0) is 4.74 Å². The van der Waals surface area contributed by atoms with Crippen LogP contribution in [0.25, 0.3) is 0 Å². The minimum Gasteiger partial charge on any atom is -0.495 e. The van der Waals surface area contributed by atoms with Crippen molar-refractivity contribution in [2.24, 2.45) is 0 Å². The van der Waals surface area contributed by atoms with Gasteiger partial charge in [-0.05, 0) is 24.3 Å². The topological polar surface area (TPSA) is 83.1 Å². The number of benzene rings is 2. The second kappa shape index (κ2) is 8.78. The highest BCUT2D eigenvalue weighted by atomic mass is 16.5. The molecule has 0 unspecified atom stereocenters. The molecular weight excluding hydrogens is 280 g/mol. The number of hydrogen-bond donors (Lipinski definition) is 0. The molecule has 5 nitrogen and oxygen atoms in total. The molecule has 22 heavy (non-hydrogen) atoms. The quantitative estimate of drug-likeness (QED) is 0.795. The van der Waals surface area contributed by atoms with Gasteiger partial charge in [0.1, 0.15) is 17.9 Å². The second-order valence-electron chi connectivity index (χ2n) is 3.96. The molecule has 0 bridgehead atoms. The second-order valence-corrected chi connectivity index (χ2v) is 3.96. The fraction of sp³-hybridized carbons (Fsp3) is 0.118. The Hall–Kier alpha value is -3.31. The van der Waals surface area contributed by atoms with E-state index in [0.29, 0.717) is 22.4 Å². The lowest BCUT2D eigenvalue weighted by atomic mass is 10.1. The first-order valence-electron chi connectivity index (χ1n) is 6.28. The Morgan fingerprint density at radius 1 is 0.909 bits per heavy atom. The molecule has 2 aromatic carbocycles. The van der Waals surface area contributed by atoms with Gasteiger partial charge in [0.05, 0.1) is 30.9 Å². The standard InChI is InChI=1S/C9H7NO2.C8H7NO/c1-12-9(11)8-5-3-2-4-7(8)6-10;1-10-8-5-3-2-4-7(8)6-9/h2-5H,1H3;2-5H,1H3. The summed E-state index contributed by atoms with van der Waals surface area (Å²) in [5.74, 6) is 0.150. The largest absolute Gasteiger partial charge is 0.495 e. The van der Waals surface area contributed by atoms with Gasteiger partial charge in [-0.15, -0.1) is 0 Å². The highest BCUT2D eigenvalue weighted by Crippen LogP contribution is 2.14. The Bertz CT molecular complexity index is 727. The van der Waals surface area contributed by atoms with Crippen LogP contribution < -0.4 is 4.74 Å². The zero-order valence-corrected chi connectivity index (χ0v) is 12.2. The predicted molar refractivity (Wildman–Crippen MR) is 80.2 cm³/mol. The van der Waals surface area contributed by atoms with Crippen molar-refractivity contribution in [1.29, 1.82) is 10.5 Å². The number of ether oxygens (including phenoxy) is 2. The smallest absolute Gasteiger partial charge is 0.339 e. The van der Waals surface area contributed by atoms with Crippen molar-refractivity contribution in [3.63, 3.8) is 0 Å². The van der Waals surface area contributed by atoms with Gasteiger partial charge in [0.2, 0.25) is 0 Å². The molecule has 110 valence electrons. The zero-order chi connectivity index (χ0) is 16.4. The lowest BCUT2D eigenvalue weighted by Gasteiger charge is -1.99. The van der Waals surface area contributed by atoms with Gasteiger partial charge >= 0.3 is 5.97 Å². The van der Waals surface area contributed by atoms with Gasteiger partial charge in [0.25, 0.3) is 0 Å². The number of esters is 1.